The van der Waals surface area contributed by atoms with Crippen molar-refractivity contribution in [3.8, 4) is 39.5 Å². The van der Waals surface area contributed by atoms with Gasteiger partial charge in [-0.15, -0.1) is 0 Å². The van der Waals surface area contributed by atoms with Gasteiger partial charge in [0.1, 0.15) is 11.3 Å². The van der Waals surface area contributed by atoms with Crippen molar-refractivity contribution in [1.29, 1.82) is 0 Å². The summed E-state index contributed by atoms with van der Waals surface area (Å²) in [5, 5.41) is 10.5. The summed E-state index contributed by atoms with van der Waals surface area (Å²) in [4.78, 5) is 9.77. The summed E-state index contributed by atoms with van der Waals surface area (Å²) in [6.07, 6.45) is 1.71. The van der Waals surface area contributed by atoms with Gasteiger partial charge in [0.2, 0.25) is 5.89 Å². The molecule has 0 saturated carbocycles. The quantitative estimate of drug-likeness (QED) is 0.207. The molecule has 0 spiro atoms. The van der Waals surface area contributed by atoms with E-state index < -0.39 is 0 Å². The third-order valence-electron chi connectivity index (χ3n) is 8.03. The molecular weight excluding hydrogens is 540 g/mol. The largest absolute Gasteiger partial charge is 0.507 e. The summed E-state index contributed by atoms with van der Waals surface area (Å²) in [7, 11) is 0. The van der Waals surface area contributed by atoms with Gasteiger partial charge >= 0.3 is 0 Å². The fourth-order valence-electron chi connectivity index (χ4n) is 5.36. The predicted molar refractivity (Wildman–Crippen MR) is 183 cm³/mol. The number of phenols is 1. The molecule has 6 aromatic rings. The van der Waals surface area contributed by atoms with Crippen molar-refractivity contribution in [2.24, 2.45) is 4.99 Å². The number of para-hydroxylation sites is 2. The number of phenolic OH excluding ortho intramolecular Hbond substituents is 1. The Morgan fingerprint density at radius 3 is 2.05 bits per heavy atom. The van der Waals surface area contributed by atoms with Gasteiger partial charge < -0.3 is 9.52 Å². The lowest BCUT2D eigenvalue weighted by molar-refractivity contribution is 0.473. The van der Waals surface area contributed by atoms with E-state index in [9.17, 15) is 5.11 Å². The Morgan fingerprint density at radius 1 is 0.636 bits per heavy atom. The maximum atomic E-state index is 10.5. The Balaban J connectivity index is 1.38. The van der Waals surface area contributed by atoms with E-state index in [4.69, 9.17) is 14.4 Å². The molecule has 0 saturated heterocycles. The zero-order chi connectivity index (χ0) is 31.1. The minimum atomic E-state index is -0.0416. The van der Waals surface area contributed by atoms with Crippen LogP contribution in [0.1, 0.15) is 58.2 Å². The molecule has 220 valence electrons. The minimum absolute atomic E-state index is 0.0416. The molecule has 0 atom stereocenters. The Morgan fingerprint density at radius 2 is 1.27 bits per heavy atom. The number of nitrogens with zero attached hydrogens (tertiary/aromatic N) is 2. The van der Waals surface area contributed by atoms with Crippen LogP contribution in [0.5, 0.6) is 5.75 Å². The second-order valence-corrected chi connectivity index (χ2v) is 13.4. The third-order valence-corrected chi connectivity index (χ3v) is 8.03. The van der Waals surface area contributed by atoms with Gasteiger partial charge in [-0.1, -0.05) is 114 Å². The molecule has 0 bridgehead atoms. The molecule has 0 fully saturated rings. The molecule has 0 unspecified atom stereocenters. The van der Waals surface area contributed by atoms with E-state index in [-0.39, 0.29) is 16.6 Å². The molecule has 0 amide bonds. The highest BCUT2D eigenvalue weighted by Gasteiger charge is 2.18. The van der Waals surface area contributed by atoms with E-state index >= 15 is 0 Å². The summed E-state index contributed by atoms with van der Waals surface area (Å²) in [6, 6.07) is 36.9. The molecule has 4 heteroatoms. The monoisotopic (exact) mass is 578 g/mol. The highest BCUT2D eigenvalue weighted by Crippen LogP contribution is 2.37. The Hall–Kier alpha value is -4.96. The number of aromatic nitrogens is 1. The number of aromatic hydroxyl groups is 1. The zero-order valence-electron chi connectivity index (χ0n) is 26.2. The van der Waals surface area contributed by atoms with Gasteiger partial charge in [0, 0.05) is 17.3 Å². The van der Waals surface area contributed by atoms with E-state index in [2.05, 4.69) is 96.1 Å². The van der Waals surface area contributed by atoms with Crippen molar-refractivity contribution >= 4 is 23.0 Å². The van der Waals surface area contributed by atoms with Gasteiger partial charge in [-0.25, -0.2) is 4.98 Å². The number of oxazole rings is 1. The Bertz CT molecular complexity index is 2000. The number of hydrogen-bond acceptors (Lipinski definition) is 4. The number of fused-ring (bicyclic) bond motifs is 1. The lowest BCUT2D eigenvalue weighted by Crippen LogP contribution is -2.11. The summed E-state index contributed by atoms with van der Waals surface area (Å²) < 4.78 is 6.33. The molecule has 5 aromatic carbocycles. The maximum absolute atomic E-state index is 10.5. The van der Waals surface area contributed by atoms with Crippen LogP contribution in [0, 0.1) is 0 Å². The highest BCUT2D eigenvalue weighted by atomic mass is 16.3. The SMILES string of the molecule is CC(C)(C)c1cccc(-c2cccc(-c3cccc4oc(-c5ccccc5N=Cc5cc(C(C)(C)C)ccc5O)nc34)c2)c1. The summed E-state index contributed by atoms with van der Waals surface area (Å²) >= 11 is 0. The van der Waals surface area contributed by atoms with Crippen LogP contribution < -0.4 is 0 Å². The zero-order valence-corrected chi connectivity index (χ0v) is 26.2. The topological polar surface area (TPSA) is 58.6 Å². The Labute approximate surface area is 259 Å². The van der Waals surface area contributed by atoms with Crippen molar-refractivity contribution in [3.05, 3.63) is 126 Å². The van der Waals surface area contributed by atoms with Crippen LogP contribution in [0.3, 0.4) is 0 Å². The standard InChI is InChI=1S/C40H38N2O2/c1-39(2,3)30-15-10-13-27(23-30)26-12-9-14-28(22-26)32-17-11-19-36-37(32)42-38(44-36)33-16-7-8-18-34(33)41-25-29-24-31(40(4,5)6)20-21-35(29)43/h7-25,43H,1-6H3. The molecule has 1 N–H and O–H groups in total. The fourth-order valence-corrected chi connectivity index (χ4v) is 5.36. The van der Waals surface area contributed by atoms with E-state index in [0.29, 0.717) is 22.7 Å². The van der Waals surface area contributed by atoms with E-state index in [0.717, 1.165) is 33.3 Å². The molecule has 44 heavy (non-hydrogen) atoms. The Kier molecular flexibility index (Phi) is 7.46. The molecule has 0 aliphatic heterocycles. The van der Waals surface area contributed by atoms with Gasteiger partial charge in [-0.05, 0) is 75.0 Å². The first-order chi connectivity index (χ1) is 21.0. The number of benzene rings is 5. The smallest absolute Gasteiger partial charge is 0.229 e. The molecule has 4 nitrogen and oxygen atoms in total. The van der Waals surface area contributed by atoms with Gasteiger partial charge in [0.05, 0.1) is 11.3 Å². The summed E-state index contributed by atoms with van der Waals surface area (Å²) in [5.74, 6) is 0.694. The fraction of sp³-hybridized carbons (Fsp3) is 0.200. The lowest BCUT2D eigenvalue weighted by Gasteiger charge is -2.20. The number of rotatable bonds is 5. The van der Waals surface area contributed by atoms with Gasteiger partial charge in [-0.2, -0.15) is 0 Å². The van der Waals surface area contributed by atoms with Crippen LogP contribution in [-0.2, 0) is 10.8 Å². The van der Waals surface area contributed by atoms with Crippen LogP contribution >= 0.6 is 0 Å². The second kappa shape index (κ2) is 11.3. The van der Waals surface area contributed by atoms with Crippen LogP contribution in [0.25, 0.3) is 44.8 Å². The highest BCUT2D eigenvalue weighted by molar-refractivity contribution is 5.94. The van der Waals surface area contributed by atoms with E-state index in [1.54, 1.807) is 12.3 Å². The van der Waals surface area contributed by atoms with Gasteiger partial charge in [0.15, 0.2) is 5.58 Å². The molecule has 0 radical (unpaired) electrons. The van der Waals surface area contributed by atoms with Crippen molar-refractivity contribution < 1.29 is 9.52 Å². The van der Waals surface area contributed by atoms with Gasteiger partial charge in [0.25, 0.3) is 0 Å². The van der Waals surface area contributed by atoms with E-state index in [1.165, 1.54) is 11.1 Å². The van der Waals surface area contributed by atoms with Crippen LogP contribution in [0.15, 0.2) is 119 Å². The van der Waals surface area contributed by atoms with E-state index in [1.807, 2.05) is 48.5 Å². The normalized spacial score (nSPS) is 12.3. The van der Waals surface area contributed by atoms with Crippen molar-refractivity contribution in [2.75, 3.05) is 0 Å². The molecule has 0 aliphatic rings. The minimum Gasteiger partial charge on any atom is -0.507 e. The average molecular weight is 579 g/mol. The third kappa shape index (κ3) is 5.93. The van der Waals surface area contributed by atoms with Crippen molar-refractivity contribution in [1.82, 2.24) is 4.98 Å². The summed E-state index contributed by atoms with van der Waals surface area (Å²) in [5.41, 5.74) is 10.6. The van der Waals surface area contributed by atoms with Crippen LogP contribution in [0.2, 0.25) is 0 Å². The van der Waals surface area contributed by atoms with Crippen molar-refractivity contribution in [3.63, 3.8) is 0 Å². The first-order valence-electron chi connectivity index (χ1n) is 15.1. The second-order valence-electron chi connectivity index (χ2n) is 13.4. The average Bonchev–Trinajstić information content (AvgIpc) is 3.44. The number of aliphatic imine (C=N–C) groups is 1. The van der Waals surface area contributed by atoms with Gasteiger partial charge in [-0.3, -0.25) is 4.99 Å². The molecule has 1 aromatic heterocycles. The molecule has 0 aliphatic carbocycles. The van der Waals surface area contributed by atoms with Crippen LogP contribution in [-0.4, -0.2) is 16.3 Å². The summed E-state index contributed by atoms with van der Waals surface area (Å²) in [6.45, 7) is 13.2. The first kappa shape index (κ1) is 29.1. The first-order valence-corrected chi connectivity index (χ1v) is 15.1. The molecule has 1 heterocycles. The lowest BCUT2D eigenvalue weighted by atomic mass is 9.85. The molecule has 6 rings (SSSR count). The van der Waals surface area contributed by atoms with Crippen LogP contribution in [0.4, 0.5) is 5.69 Å². The number of hydrogen-bond donors (Lipinski definition) is 1. The maximum Gasteiger partial charge on any atom is 0.229 e. The molecular formula is C40H38N2O2. The predicted octanol–water partition coefficient (Wildman–Crippen LogP) is 10.9. The van der Waals surface area contributed by atoms with Crippen molar-refractivity contribution in [2.45, 2.75) is 52.4 Å².